The second-order valence-corrected chi connectivity index (χ2v) is 7.79. The zero-order valence-corrected chi connectivity index (χ0v) is 17.0. The number of nitrogens with one attached hydrogen (secondary N) is 4. The number of carbonyl (C=O) groups excluding carboxylic acids is 1. The summed E-state index contributed by atoms with van der Waals surface area (Å²) < 4.78 is 0. The van der Waals surface area contributed by atoms with Gasteiger partial charge >= 0.3 is 6.03 Å². The number of anilines is 1. The Kier molecular flexibility index (Phi) is 6.56. The Bertz CT molecular complexity index is 675. The predicted molar refractivity (Wildman–Crippen MR) is 106 cm³/mol. The second kappa shape index (κ2) is 8.72. The minimum atomic E-state index is -0.254. The topological polar surface area (TPSA) is 80.9 Å². The van der Waals surface area contributed by atoms with E-state index in [1.807, 2.05) is 37.2 Å². The average Bonchev–Trinajstić information content (AvgIpc) is 2.63. The fourth-order valence-corrected chi connectivity index (χ4v) is 3.91. The van der Waals surface area contributed by atoms with Crippen LogP contribution in [0.1, 0.15) is 24.5 Å². The lowest BCUT2D eigenvalue weighted by Gasteiger charge is -2.48. The highest BCUT2D eigenvalue weighted by atomic mass is 35.5. The minimum Gasteiger partial charge on any atom is -0.309 e. The maximum absolute atomic E-state index is 12.6. The van der Waals surface area contributed by atoms with Gasteiger partial charge < -0.3 is 15.5 Å². The van der Waals surface area contributed by atoms with Gasteiger partial charge in [-0.15, -0.1) is 11.6 Å². The molecular weight excluding hydrogens is 368 g/mol. The summed E-state index contributed by atoms with van der Waals surface area (Å²) in [7, 11) is 5.56. The number of hydrogen-bond acceptors (Lipinski definition) is 6. The van der Waals surface area contributed by atoms with E-state index < -0.39 is 0 Å². The van der Waals surface area contributed by atoms with E-state index in [1.54, 1.807) is 7.11 Å². The molecule has 1 saturated heterocycles. The van der Waals surface area contributed by atoms with Crippen molar-refractivity contribution in [2.45, 2.75) is 50.3 Å². The molecule has 150 valence electrons. The summed E-state index contributed by atoms with van der Waals surface area (Å²) in [6.45, 7) is 2.88. The van der Waals surface area contributed by atoms with E-state index in [4.69, 9.17) is 16.4 Å². The van der Waals surface area contributed by atoms with Gasteiger partial charge in [-0.05, 0) is 50.7 Å². The van der Waals surface area contributed by atoms with Crippen LogP contribution in [-0.2, 0) is 17.8 Å². The van der Waals surface area contributed by atoms with Crippen LogP contribution in [0.15, 0.2) is 18.2 Å². The van der Waals surface area contributed by atoms with Gasteiger partial charge in [-0.2, -0.15) is 5.48 Å². The lowest BCUT2D eigenvalue weighted by molar-refractivity contribution is -0.101. The SMILES string of the molecule is CONC1CC(C)N(C)C(NC(=O)Nc2ccc3c(c2)CC(Cl)NC3)N1C. The van der Waals surface area contributed by atoms with Gasteiger partial charge in [0, 0.05) is 24.7 Å². The lowest BCUT2D eigenvalue weighted by atomic mass is 10.0. The van der Waals surface area contributed by atoms with E-state index in [2.05, 4.69) is 33.3 Å². The van der Waals surface area contributed by atoms with E-state index >= 15 is 0 Å². The number of halogens is 1. The Hall–Kier alpha value is -1.42. The summed E-state index contributed by atoms with van der Waals surface area (Å²) in [5, 5.41) is 9.20. The molecule has 0 saturated carbocycles. The Labute approximate surface area is 165 Å². The molecule has 1 aromatic rings. The molecule has 4 unspecified atom stereocenters. The number of urea groups is 1. The molecule has 9 heteroatoms. The van der Waals surface area contributed by atoms with Gasteiger partial charge in [-0.1, -0.05) is 6.07 Å². The smallest absolute Gasteiger partial charge is 0.309 e. The van der Waals surface area contributed by atoms with Gasteiger partial charge in [-0.3, -0.25) is 15.1 Å². The van der Waals surface area contributed by atoms with Crippen LogP contribution in [0.5, 0.6) is 0 Å². The van der Waals surface area contributed by atoms with Crippen LogP contribution in [0.2, 0.25) is 0 Å². The molecular formula is C18H29ClN6O2. The predicted octanol–water partition coefficient (Wildman–Crippen LogP) is 1.44. The summed E-state index contributed by atoms with van der Waals surface area (Å²) in [6.07, 6.45) is 1.39. The van der Waals surface area contributed by atoms with E-state index in [0.717, 1.165) is 30.6 Å². The van der Waals surface area contributed by atoms with Gasteiger partial charge in [0.1, 0.15) is 6.29 Å². The third-order valence-electron chi connectivity index (χ3n) is 5.41. The van der Waals surface area contributed by atoms with Gasteiger partial charge in [0.2, 0.25) is 0 Å². The van der Waals surface area contributed by atoms with Crippen LogP contribution < -0.4 is 21.4 Å². The summed E-state index contributed by atoms with van der Waals surface area (Å²) in [5.41, 5.74) is 6.05. The zero-order valence-electron chi connectivity index (χ0n) is 16.3. The zero-order chi connectivity index (χ0) is 19.6. The number of hydrogen-bond donors (Lipinski definition) is 4. The highest BCUT2D eigenvalue weighted by molar-refractivity contribution is 6.20. The normalized spacial score (nSPS) is 29.2. The lowest BCUT2D eigenvalue weighted by Crippen LogP contribution is -2.68. The van der Waals surface area contributed by atoms with Crippen LogP contribution in [0.3, 0.4) is 0 Å². The van der Waals surface area contributed by atoms with E-state index in [-0.39, 0.29) is 30.0 Å². The second-order valence-electron chi connectivity index (χ2n) is 7.26. The molecule has 0 aromatic heterocycles. The van der Waals surface area contributed by atoms with Crippen molar-refractivity contribution in [1.29, 1.82) is 0 Å². The standard InChI is InChI=1S/C18H29ClN6O2/c1-11-7-16(23-27-4)25(3)18(24(11)2)22-17(26)21-14-6-5-12-10-20-15(19)9-13(12)8-14/h5-6,8,11,15-16,18,20,23H,7,9-10H2,1-4H3,(H2,21,22,26). The first-order valence-electron chi connectivity index (χ1n) is 9.18. The van der Waals surface area contributed by atoms with Crippen LogP contribution in [0.25, 0.3) is 0 Å². The van der Waals surface area contributed by atoms with Crippen LogP contribution in [0, 0.1) is 0 Å². The van der Waals surface area contributed by atoms with Gasteiger partial charge in [0.05, 0.1) is 18.8 Å². The molecule has 2 amide bonds. The number of rotatable bonds is 4. The van der Waals surface area contributed by atoms with E-state index in [0.29, 0.717) is 0 Å². The molecule has 0 aliphatic carbocycles. The van der Waals surface area contributed by atoms with Crippen LogP contribution in [0.4, 0.5) is 10.5 Å². The summed E-state index contributed by atoms with van der Waals surface area (Å²) in [4.78, 5) is 21.9. The highest BCUT2D eigenvalue weighted by Crippen LogP contribution is 2.23. The maximum atomic E-state index is 12.6. The molecule has 0 spiro atoms. The van der Waals surface area contributed by atoms with E-state index in [1.165, 1.54) is 5.56 Å². The largest absolute Gasteiger partial charge is 0.321 e. The fourth-order valence-electron chi connectivity index (χ4n) is 3.66. The van der Waals surface area contributed by atoms with Crippen LogP contribution >= 0.6 is 11.6 Å². The fraction of sp³-hybridized carbons (Fsp3) is 0.611. The number of alkyl halides is 1. The molecule has 2 aliphatic rings. The monoisotopic (exact) mass is 396 g/mol. The first-order valence-corrected chi connectivity index (χ1v) is 9.62. The first-order chi connectivity index (χ1) is 12.9. The molecule has 0 radical (unpaired) electrons. The van der Waals surface area contributed by atoms with Crippen molar-refractivity contribution in [2.24, 2.45) is 0 Å². The molecule has 2 heterocycles. The first kappa shape index (κ1) is 20.3. The third kappa shape index (κ3) is 4.71. The van der Waals surface area contributed by atoms with Crippen LogP contribution in [-0.4, -0.2) is 61.0 Å². The quantitative estimate of drug-likeness (QED) is 0.350. The Morgan fingerprint density at radius 3 is 2.81 bits per heavy atom. The number of carbonyl (C=O) groups is 1. The van der Waals surface area contributed by atoms with Crippen molar-refractivity contribution in [3.63, 3.8) is 0 Å². The molecule has 0 bridgehead atoms. The van der Waals surface area contributed by atoms with Crippen molar-refractivity contribution in [3.8, 4) is 0 Å². The van der Waals surface area contributed by atoms with Gasteiger partial charge in [0.25, 0.3) is 0 Å². The molecule has 1 fully saturated rings. The number of nitrogens with zero attached hydrogens (tertiary/aromatic N) is 2. The molecule has 3 rings (SSSR count). The van der Waals surface area contributed by atoms with Crippen molar-refractivity contribution in [3.05, 3.63) is 29.3 Å². The number of amides is 2. The van der Waals surface area contributed by atoms with Crippen molar-refractivity contribution < 1.29 is 9.63 Å². The molecule has 4 atom stereocenters. The molecule has 8 nitrogen and oxygen atoms in total. The molecule has 27 heavy (non-hydrogen) atoms. The molecule has 1 aromatic carbocycles. The summed E-state index contributed by atoms with van der Waals surface area (Å²) in [6, 6.07) is 5.98. The van der Waals surface area contributed by atoms with Crippen molar-refractivity contribution in [2.75, 3.05) is 26.5 Å². The molecule has 4 N–H and O–H groups in total. The molecule has 2 aliphatic heterocycles. The summed E-state index contributed by atoms with van der Waals surface area (Å²) >= 11 is 6.18. The summed E-state index contributed by atoms with van der Waals surface area (Å²) in [5.74, 6) is 0. The Balaban J connectivity index is 1.65. The van der Waals surface area contributed by atoms with Gasteiger partial charge in [0.15, 0.2) is 0 Å². The Morgan fingerprint density at radius 2 is 2.07 bits per heavy atom. The van der Waals surface area contributed by atoms with Gasteiger partial charge in [-0.25, -0.2) is 4.79 Å². The number of fused-ring (bicyclic) bond motifs is 1. The van der Waals surface area contributed by atoms with Crippen molar-refractivity contribution >= 4 is 23.3 Å². The minimum absolute atomic E-state index is 0.0170. The number of hydroxylamine groups is 1. The number of benzene rings is 1. The third-order valence-corrected chi connectivity index (χ3v) is 5.72. The Morgan fingerprint density at radius 1 is 1.30 bits per heavy atom. The van der Waals surface area contributed by atoms with Crippen molar-refractivity contribution in [1.82, 2.24) is 25.9 Å². The van der Waals surface area contributed by atoms with E-state index in [9.17, 15) is 4.79 Å². The maximum Gasteiger partial charge on any atom is 0.321 e. The highest BCUT2D eigenvalue weighted by Gasteiger charge is 2.36. The average molecular weight is 397 g/mol.